The van der Waals surface area contributed by atoms with Gasteiger partial charge in [-0.05, 0) is 13.3 Å². The van der Waals surface area contributed by atoms with Crippen LogP contribution >= 0.6 is 0 Å². The molecule has 1 saturated heterocycles. The van der Waals surface area contributed by atoms with Gasteiger partial charge in [0.1, 0.15) is 0 Å². The molecule has 1 unspecified atom stereocenters. The van der Waals surface area contributed by atoms with E-state index in [0.29, 0.717) is 25.7 Å². The molecule has 1 aliphatic rings. The van der Waals surface area contributed by atoms with Crippen molar-refractivity contribution in [1.29, 1.82) is 0 Å². The van der Waals surface area contributed by atoms with E-state index in [2.05, 4.69) is 11.8 Å². The lowest BCUT2D eigenvalue weighted by Crippen LogP contribution is -2.52. The third kappa shape index (κ3) is 4.50. The Labute approximate surface area is 111 Å². The van der Waals surface area contributed by atoms with Crippen LogP contribution in [0.1, 0.15) is 26.7 Å². The smallest absolute Gasteiger partial charge is 0.214 e. The van der Waals surface area contributed by atoms with Gasteiger partial charge in [0.2, 0.25) is 10.0 Å². The van der Waals surface area contributed by atoms with Crippen molar-refractivity contribution in [2.75, 3.05) is 45.6 Å². The Bertz CT molecular complexity index is 324. The minimum Gasteiger partial charge on any atom is -0.383 e. The Kier molecular flexibility index (Phi) is 6.55. The number of hydrogen-bond donors (Lipinski definition) is 0. The second kappa shape index (κ2) is 7.43. The first-order chi connectivity index (χ1) is 8.51. The van der Waals surface area contributed by atoms with Crippen LogP contribution in [0.25, 0.3) is 0 Å². The molecule has 5 nitrogen and oxygen atoms in total. The molecule has 1 atom stereocenters. The first-order valence-electron chi connectivity index (χ1n) is 6.72. The van der Waals surface area contributed by atoms with Gasteiger partial charge < -0.3 is 4.74 Å². The molecule has 0 saturated carbocycles. The third-order valence-corrected chi connectivity index (χ3v) is 5.41. The Morgan fingerprint density at radius 3 is 2.33 bits per heavy atom. The molecule has 1 heterocycles. The molecule has 0 bridgehead atoms. The standard InChI is InChI=1S/C12H26N2O3S/c1-4-5-10-18(15,16)14-8-6-13(7-9-14)12(2)11-17-3/h12H,4-11H2,1-3H3. The van der Waals surface area contributed by atoms with Gasteiger partial charge >= 0.3 is 0 Å². The van der Waals surface area contributed by atoms with E-state index in [0.717, 1.165) is 25.9 Å². The van der Waals surface area contributed by atoms with Crippen LogP contribution in [-0.2, 0) is 14.8 Å². The summed E-state index contributed by atoms with van der Waals surface area (Å²) in [6.07, 6.45) is 1.67. The van der Waals surface area contributed by atoms with Crippen molar-refractivity contribution < 1.29 is 13.2 Å². The zero-order chi connectivity index (χ0) is 13.6. The van der Waals surface area contributed by atoms with Gasteiger partial charge in [0.15, 0.2) is 0 Å². The molecule has 0 amide bonds. The minimum absolute atomic E-state index is 0.289. The van der Waals surface area contributed by atoms with Gasteiger partial charge in [-0.2, -0.15) is 4.31 Å². The maximum Gasteiger partial charge on any atom is 0.214 e. The SMILES string of the molecule is CCCCS(=O)(=O)N1CCN(C(C)COC)CC1. The minimum atomic E-state index is -3.03. The molecule has 0 aromatic heterocycles. The second-order valence-electron chi connectivity index (χ2n) is 4.91. The monoisotopic (exact) mass is 278 g/mol. The fraction of sp³-hybridized carbons (Fsp3) is 1.00. The van der Waals surface area contributed by atoms with Crippen molar-refractivity contribution in [3.63, 3.8) is 0 Å². The van der Waals surface area contributed by atoms with E-state index in [1.165, 1.54) is 0 Å². The quantitative estimate of drug-likeness (QED) is 0.690. The molecule has 0 spiro atoms. The van der Waals surface area contributed by atoms with E-state index in [9.17, 15) is 8.42 Å². The van der Waals surface area contributed by atoms with Gasteiger partial charge in [-0.15, -0.1) is 0 Å². The molecule has 1 rings (SSSR count). The molecular formula is C12H26N2O3S. The highest BCUT2D eigenvalue weighted by Crippen LogP contribution is 2.12. The van der Waals surface area contributed by atoms with E-state index >= 15 is 0 Å². The number of ether oxygens (including phenoxy) is 1. The Hall–Kier alpha value is -0.170. The van der Waals surface area contributed by atoms with Gasteiger partial charge in [-0.1, -0.05) is 13.3 Å². The first-order valence-corrected chi connectivity index (χ1v) is 8.33. The lowest BCUT2D eigenvalue weighted by atomic mass is 10.2. The lowest BCUT2D eigenvalue weighted by Gasteiger charge is -2.37. The summed E-state index contributed by atoms with van der Waals surface area (Å²) in [4.78, 5) is 2.29. The highest BCUT2D eigenvalue weighted by Gasteiger charge is 2.27. The van der Waals surface area contributed by atoms with Gasteiger partial charge in [-0.25, -0.2) is 8.42 Å². The van der Waals surface area contributed by atoms with Crippen LogP contribution in [0.5, 0.6) is 0 Å². The summed E-state index contributed by atoms with van der Waals surface area (Å²) in [5, 5.41) is 0. The predicted molar refractivity (Wildman–Crippen MR) is 73.2 cm³/mol. The van der Waals surface area contributed by atoms with Gasteiger partial charge in [0, 0.05) is 39.3 Å². The molecule has 6 heteroatoms. The summed E-state index contributed by atoms with van der Waals surface area (Å²) in [5.74, 6) is 0.289. The third-order valence-electron chi connectivity index (χ3n) is 3.45. The van der Waals surface area contributed by atoms with E-state index in [-0.39, 0.29) is 5.75 Å². The van der Waals surface area contributed by atoms with E-state index in [4.69, 9.17) is 4.74 Å². The molecule has 0 N–H and O–H groups in total. The normalized spacial score (nSPS) is 21.1. The highest BCUT2D eigenvalue weighted by atomic mass is 32.2. The molecule has 18 heavy (non-hydrogen) atoms. The van der Waals surface area contributed by atoms with Crippen LogP contribution in [0.3, 0.4) is 0 Å². The average molecular weight is 278 g/mol. The van der Waals surface area contributed by atoms with Gasteiger partial charge in [0.05, 0.1) is 12.4 Å². The van der Waals surface area contributed by atoms with Gasteiger partial charge in [0.25, 0.3) is 0 Å². The molecule has 0 aliphatic carbocycles. The number of piperazine rings is 1. The summed E-state index contributed by atoms with van der Waals surface area (Å²) in [6, 6.07) is 0.357. The fourth-order valence-electron chi connectivity index (χ4n) is 2.22. The molecular weight excluding hydrogens is 252 g/mol. The van der Waals surface area contributed by atoms with Crippen LogP contribution in [0.2, 0.25) is 0 Å². The topological polar surface area (TPSA) is 49.9 Å². The van der Waals surface area contributed by atoms with Crippen molar-refractivity contribution in [3.05, 3.63) is 0 Å². The maximum absolute atomic E-state index is 12.0. The van der Waals surface area contributed by atoms with Gasteiger partial charge in [-0.3, -0.25) is 4.90 Å². The van der Waals surface area contributed by atoms with E-state index in [1.54, 1.807) is 11.4 Å². The Morgan fingerprint density at radius 2 is 1.83 bits per heavy atom. The van der Waals surface area contributed by atoms with Crippen molar-refractivity contribution in [2.45, 2.75) is 32.7 Å². The number of sulfonamides is 1. The van der Waals surface area contributed by atoms with Crippen LogP contribution < -0.4 is 0 Å². The summed E-state index contributed by atoms with van der Waals surface area (Å²) in [7, 11) is -1.34. The molecule has 0 aromatic rings. The molecule has 1 aliphatic heterocycles. The van der Waals surface area contributed by atoms with Crippen LogP contribution in [0.15, 0.2) is 0 Å². The Balaban J connectivity index is 2.43. The maximum atomic E-state index is 12.0. The average Bonchev–Trinajstić information content (AvgIpc) is 2.37. The Morgan fingerprint density at radius 1 is 1.22 bits per heavy atom. The summed E-state index contributed by atoms with van der Waals surface area (Å²) in [5.41, 5.74) is 0. The largest absolute Gasteiger partial charge is 0.383 e. The zero-order valence-electron chi connectivity index (χ0n) is 11.8. The number of hydrogen-bond acceptors (Lipinski definition) is 4. The van der Waals surface area contributed by atoms with E-state index < -0.39 is 10.0 Å². The zero-order valence-corrected chi connectivity index (χ0v) is 12.6. The van der Waals surface area contributed by atoms with Crippen molar-refractivity contribution in [1.82, 2.24) is 9.21 Å². The van der Waals surface area contributed by atoms with Crippen LogP contribution in [-0.4, -0.2) is 69.3 Å². The predicted octanol–water partition coefficient (Wildman–Crippen LogP) is 0.769. The fourth-order valence-corrected chi connectivity index (χ4v) is 3.86. The number of rotatable bonds is 7. The molecule has 108 valence electrons. The van der Waals surface area contributed by atoms with Crippen LogP contribution in [0, 0.1) is 0 Å². The number of nitrogens with zero attached hydrogens (tertiary/aromatic N) is 2. The van der Waals surface area contributed by atoms with Crippen molar-refractivity contribution >= 4 is 10.0 Å². The summed E-state index contributed by atoms with van der Waals surface area (Å²) >= 11 is 0. The van der Waals surface area contributed by atoms with E-state index in [1.807, 2.05) is 6.92 Å². The molecule has 0 radical (unpaired) electrons. The van der Waals surface area contributed by atoms with Crippen LogP contribution in [0.4, 0.5) is 0 Å². The number of unbranched alkanes of at least 4 members (excludes halogenated alkanes) is 1. The van der Waals surface area contributed by atoms with Crippen molar-refractivity contribution in [2.24, 2.45) is 0 Å². The van der Waals surface area contributed by atoms with Crippen molar-refractivity contribution in [3.8, 4) is 0 Å². The summed E-state index contributed by atoms with van der Waals surface area (Å²) in [6.45, 7) is 7.65. The molecule has 0 aromatic carbocycles. The number of methoxy groups -OCH3 is 1. The first kappa shape index (κ1) is 15.9. The highest BCUT2D eigenvalue weighted by molar-refractivity contribution is 7.89. The lowest BCUT2D eigenvalue weighted by molar-refractivity contribution is 0.0766. The molecule has 1 fully saturated rings. The second-order valence-corrected chi connectivity index (χ2v) is 7.00. The summed E-state index contributed by atoms with van der Waals surface area (Å²) < 4.78 is 30.8.